The second-order valence-electron chi connectivity index (χ2n) is 4.76. The molecule has 0 amide bonds. The minimum Gasteiger partial charge on any atom is -0.428 e. The second kappa shape index (κ2) is 4.45. The fraction of sp³-hybridized carbons (Fsp3) is 0.750. The van der Waals surface area contributed by atoms with E-state index in [0.29, 0.717) is 6.04 Å². The van der Waals surface area contributed by atoms with E-state index < -0.39 is 0 Å². The molecule has 0 atom stereocenters. The molecule has 0 bridgehead atoms. The van der Waals surface area contributed by atoms with E-state index in [1.165, 1.54) is 18.5 Å². The quantitative estimate of drug-likeness (QED) is 0.798. The van der Waals surface area contributed by atoms with Gasteiger partial charge >= 0.3 is 0 Å². The van der Waals surface area contributed by atoms with Crippen LogP contribution in [0, 0.1) is 0 Å². The lowest BCUT2D eigenvalue weighted by atomic mass is 10.0. The predicted molar refractivity (Wildman–Crippen MR) is 62.7 cm³/mol. The topological polar surface area (TPSA) is 50.1 Å². The van der Waals surface area contributed by atoms with E-state index in [9.17, 15) is 0 Å². The van der Waals surface area contributed by atoms with Crippen molar-refractivity contribution in [2.45, 2.75) is 44.6 Å². The van der Waals surface area contributed by atoms with Gasteiger partial charge in [0.1, 0.15) is 5.76 Å². The molecule has 0 saturated carbocycles. The maximum Gasteiger partial charge on any atom is 0.295 e. The number of aromatic nitrogens is 1. The Morgan fingerprint density at radius 2 is 2.00 bits per heavy atom. The van der Waals surface area contributed by atoms with E-state index in [1.54, 1.807) is 0 Å². The Morgan fingerprint density at radius 3 is 2.81 bits per heavy atom. The standard InChI is InChI=1S/C12H19N3O/c1-2-4-11-10(3-1)15-12(16-11)14-9-5-7-13-8-6-9/h9,13H,1-8H2,(H,14,15). The van der Waals surface area contributed by atoms with Gasteiger partial charge in [-0.25, -0.2) is 0 Å². The van der Waals surface area contributed by atoms with Crippen LogP contribution in [0.3, 0.4) is 0 Å². The van der Waals surface area contributed by atoms with Crippen LogP contribution in [0.2, 0.25) is 0 Å². The Bertz CT molecular complexity index is 332. The smallest absolute Gasteiger partial charge is 0.295 e. The minimum atomic E-state index is 0.529. The van der Waals surface area contributed by atoms with Crippen molar-refractivity contribution >= 4 is 6.01 Å². The molecule has 4 heteroatoms. The highest BCUT2D eigenvalue weighted by molar-refractivity contribution is 5.28. The number of hydrogen-bond donors (Lipinski definition) is 2. The zero-order chi connectivity index (χ0) is 10.8. The largest absolute Gasteiger partial charge is 0.428 e. The molecule has 0 radical (unpaired) electrons. The molecule has 1 aromatic heterocycles. The van der Waals surface area contributed by atoms with Gasteiger partial charge in [-0.05, 0) is 45.2 Å². The highest BCUT2D eigenvalue weighted by Crippen LogP contribution is 2.24. The van der Waals surface area contributed by atoms with Gasteiger partial charge in [0.2, 0.25) is 0 Å². The van der Waals surface area contributed by atoms with Crippen molar-refractivity contribution in [1.82, 2.24) is 10.3 Å². The normalized spacial score (nSPS) is 21.8. The van der Waals surface area contributed by atoms with Gasteiger partial charge in [-0.3, -0.25) is 0 Å². The molecule has 16 heavy (non-hydrogen) atoms. The third-order valence-electron chi connectivity index (χ3n) is 3.51. The van der Waals surface area contributed by atoms with E-state index >= 15 is 0 Å². The van der Waals surface area contributed by atoms with Crippen LogP contribution < -0.4 is 10.6 Å². The summed E-state index contributed by atoms with van der Waals surface area (Å²) in [5.74, 6) is 1.11. The van der Waals surface area contributed by atoms with Crippen molar-refractivity contribution in [3.8, 4) is 0 Å². The van der Waals surface area contributed by atoms with Crippen LogP contribution in [0.25, 0.3) is 0 Å². The summed E-state index contributed by atoms with van der Waals surface area (Å²) in [6, 6.07) is 1.28. The van der Waals surface area contributed by atoms with Gasteiger partial charge in [0.05, 0.1) is 5.69 Å². The molecule has 1 aliphatic carbocycles. The first-order valence-corrected chi connectivity index (χ1v) is 6.37. The number of anilines is 1. The molecule has 2 aliphatic rings. The van der Waals surface area contributed by atoms with E-state index in [-0.39, 0.29) is 0 Å². The highest BCUT2D eigenvalue weighted by Gasteiger charge is 2.19. The zero-order valence-corrected chi connectivity index (χ0v) is 9.59. The fourth-order valence-electron chi connectivity index (χ4n) is 2.55. The molecule has 4 nitrogen and oxygen atoms in total. The number of nitrogens with one attached hydrogen (secondary N) is 2. The van der Waals surface area contributed by atoms with Gasteiger partial charge in [0.25, 0.3) is 6.01 Å². The minimum absolute atomic E-state index is 0.529. The maximum atomic E-state index is 5.77. The number of fused-ring (bicyclic) bond motifs is 1. The third-order valence-corrected chi connectivity index (χ3v) is 3.51. The Hall–Kier alpha value is -1.03. The van der Waals surface area contributed by atoms with E-state index in [0.717, 1.165) is 50.5 Å². The van der Waals surface area contributed by atoms with Crippen molar-refractivity contribution < 1.29 is 4.42 Å². The maximum absolute atomic E-state index is 5.77. The van der Waals surface area contributed by atoms with Gasteiger partial charge in [-0.15, -0.1) is 0 Å². The average molecular weight is 221 g/mol. The Labute approximate surface area is 95.8 Å². The van der Waals surface area contributed by atoms with Gasteiger partial charge < -0.3 is 15.1 Å². The highest BCUT2D eigenvalue weighted by atomic mass is 16.4. The van der Waals surface area contributed by atoms with Crippen LogP contribution in [-0.4, -0.2) is 24.1 Å². The van der Waals surface area contributed by atoms with Gasteiger partial charge in [-0.1, -0.05) is 0 Å². The van der Waals surface area contributed by atoms with E-state index in [1.807, 2.05) is 0 Å². The molecule has 88 valence electrons. The van der Waals surface area contributed by atoms with Crippen molar-refractivity contribution in [2.75, 3.05) is 18.4 Å². The van der Waals surface area contributed by atoms with E-state index in [4.69, 9.17) is 4.42 Å². The molecule has 1 aromatic rings. The Morgan fingerprint density at radius 1 is 1.19 bits per heavy atom. The van der Waals surface area contributed by atoms with Gasteiger partial charge in [0.15, 0.2) is 0 Å². The first-order chi connectivity index (χ1) is 7.92. The fourth-order valence-corrected chi connectivity index (χ4v) is 2.55. The molecule has 3 rings (SSSR count). The molecule has 0 aromatic carbocycles. The lowest BCUT2D eigenvalue weighted by Crippen LogP contribution is -2.35. The lowest BCUT2D eigenvalue weighted by Gasteiger charge is -2.22. The molecule has 2 N–H and O–H groups in total. The molecular weight excluding hydrogens is 202 g/mol. The SMILES string of the molecule is C1CCc2oc(NC3CCNCC3)nc2C1. The Balaban J connectivity index is 1.67. The van der Waals surface area contributed by atoms with Gasteiger partial charge in [0, 0.05) is 12.5 Å². The number of nitrogens with zero attached hydrogens (tertiary/aromatic N) is 1. The molecule has 1 saturated heterocycles. The number of rotatable bonds is 2. The summed E-state index contributed by atoms with van der Waals surface area (Å²) in [4.78, 5) is 4.55. The summed E-state index contributed by atoms with van der Waals surface area (Å²) >= 11 is 0. The van der Waals surface area contributed by atoms with Crippen LogP contribution in [0.5, 0.6) is 0 Å². The zero-order valence-electron chi connectivity index (χ0n) is 9.59. The average Bonchev–Trinajstić information content (AvgIpc) is 2.72. The molecule has 2 heterocycles. The van der Waals surface area contributed by atoms with Crippen LogP contribution in [0.1, 0.15) is 37.1 Å². The first kappa shape index (κ1) is 10.1. The molecule has 0 unspecified atom stereocenters. The predicted octanol–water partition coefficient (Wildman–Crippen LogP) is 1.72. The molecule has 1 fully saturated rings. The third kappa shape index (κ3) is 2.07. The number of oxazole rings is 1. The molecule has 1 aliphatic heterocycles. The number of piperidine rings is 1. The monoisotopic (exact) mass is 221 g/mol. The molecular formula is C12H19N3O. The number of aryl methyl sites for hydroxylation is 2. The summed E-state index contributed by atoms with van der Waals surface area (Å²) < 4.78 is 5.77. The van der Waals surface area contributed by atoms with Crippen LogP contribution >= 0.6 is 0 Å². The summed E-state index contributed by atoms with van der Waals surface area (Å²) in [5, 5.41) is 6.78. The summed E-state index contributed by atoms with van der Waals surface area (Å²) in [7, 11) is 0. The Kier molecular flexibility index (Phi) is 2.82. The molecule has 0 spiro atoms. The summed E-state index contributed by atoms with van der Waals surface area (Å²) in [5.41, 5.74) is 1.18. The van der Waals surface area contributed by atoms with Crippen LogP contribution in [-0.2, 0) is 12.8 Å². The van der Waals surface area contributed by atoms with Crippen molar-refractivity contribution in [2.24, 2.45) is 0 Å². The van der Waals surface area contributed by atoms with Crippen LogP contribution in [0.15, 0.2) is 4.42 Å². The van der Waals surface area contributed by atoms with Crippen LogP contribution in [0.4, 0.5) is 6.01 Å². The summed E-state index contributed by atoms with van der Waals surface area (Å²) in [6.07, 6.45) is 6.98. The van der Waals surface area contributed by atoms with Crippen molar-refractivity contribution in [1.29, 1.82) is 0 Å². The van der Waals surface area contributed by atoms with Crippen molar-refractivity contribution in [3.63, 3.8) is 0 Å². The second-order valence-corrected chi connectivity index (χ2v) is 4.76. The van der Waals surface area contributed by atoms with Gasteiger partial charge in [-0.2, -0.15) is 4.98 Å². The van der Waals surface area contributed by atoms with E-state index in [2.05, 4.69) is 15.6 Å². The van der Waals surface area contributed by atoms with Crippen molar-refractivity contribution in [3.05, 3.63) is 11.5 Å². The number of hydrogen-bond acceptors (Lipinski definition) is 4. The lowest BCUT2D eigenvalue weighted by molar-refractivity contribution is 0.448. The summed E-state index contributed by atoms with van der Waals surface area (Å²) in [6.45, 7) is 2.19. The first-order valence-electron chi connectivity index (χ1n) is 6.37.